The zero-order valence-electron chi connectivity index (χ0n) is 20.3. The molecule has 0 N–H and O–H groups in total. The van der Waals surface area contributed by atoms with Crippen LogP contribution < -0.4 is 0 Å². The first-order valence-corrected chi connectivity index (χ1v) is 13.2. The molecule has 5 nitrogen and oxygen atoms in total. The number of fused-ring (bicyclic) bond motifs is 1. The van der Waals surface area contributed by atoms with Crippen LogP contribution in [0.15, 0.2) is 76.4 Å². The Labute approximate surface area is 209 Å². The van der Waals surface area contributed by atoms with Crippen LogP contribution in [0, 0.1) is 12.8 Å². The van der Waals surface area contributed by atoms with Gasteiger partial charge >= 0.3 is 12.1 Å². The summed E-state index contributed by atoms with van der Waals surface area (Å²) in [6.07, 6.45) is -1.24. The Kier molecular flexibility index (Phi) is 7.16. The van der Waals surface area contributed by atoms with Crippen LogP contribution in [-0.4, -0.2) is 31.8 Å². The summed E-state index contributed by atoms with van der Waals surface area (Å²) in [4.78, 5) is 12.1. The first-order valence-electron chi connectivity index (χ1n) is 11.8. The minimum Gasteiger partial charge on any atom is -0.430 e. The van der Waals surface area contributed by atoms with E-state index in [4.69, 9.17) is 4.74 Å². The molecule has 0 aromatic heterocycles. The average Bonchev–Trinajstić information content (AvgIpc) is 2.82. The van der Waals surface area contributed by atoms with E-state index in [9.17, 15) is 26.4 Å². The van der Waals surface area contributed by atoms with Gasteiger partial charge in [0.15, 0.2) is 0 Å². The summed E-state index contributed by atoms with van der Waals surface area (Å²) in [6, 6.07) is 11.5. The van der Waals surface area contributed by atoms with Crippen LogP contribution >= 0.6 is 0 Å². The van der Waals surface area contributed by atoms with Gasteiger partial charge in [0.05, 0.1) is 17.0 Å². The molecule has 0 spiro atoms. The van der Waals surface area contributed by atoms with E-state index in [-0.39, 0.29) is 35.6 Å². The van der Waals surface area contributed by atoms with Crippen LogP contribution in [0.2, 0.25) is 0 Å². The van der Waals surface area contributed by atoms with Crippen molar-refractivity contribution in [1.82, 2.24) is 4.31 Å². The fourth-order valence-electron chi connectivity index (χ4n) is 5.04. The molecule has 36 heavy (non-hydrogen) atoms. The summed E-state index contributed by atoms with van der Waals surface area (Å²) in [6.45, 7) is 5.12. The Bertz CT molecular complexity index is 1310. The van der Waals surface area contributed by atoms with Gasteiger partial charge < -0.3 is 4.74 Å². The molecule has 9 heteroatoms. The number of sulfonamides is 1. The van der Waals surface area contributed by atoms with E-state index < -0.39 is 27.7 Å². The number of hydrogen-bond acceptors (Lipinski definition) is 4. The molecular formula is C27H28F3NO4S. The smallest absolute Gasteiger partial charge is 0.416 e. The van der Waals surface area contributed by atoms with Gasteiger partial charge in [0.1, 0.15) is 5.76 Å². The molecule has 2 aromatic rings. The largest absolute Gasteiger partial charge is 0.430 e. The number of carbonyl (C=O) groups excluding carboxylic acids is 1. The van der Waals surface area contributed by atoms with Gasteiger partial charge in [0, 0.05) is 19.4 Å². The third kappa shape index (κ3) is 5.13. The molecule has 0 fully saturated rings. The number of halogens is 3. The Morgan fingerprint density at radius 2 is 1.69 bits per heavy atom. The van der Waals surface area contributed by atoms with E-state index in [0.717, 1.165) is 28.8 Å². The molecule has 0 saturated carbocycles. The summed E-state index contributed by atoms with van der Waals surface area (Å²) in [5.41, 5.74) is 2.60. The molecule has 0 unspecified atom stereocenters. The lowest BCUT2D eigenvalue weighted by Gasteiger charge is -2.42. The summed E-state index contributed by atoms with van der Waals surface area (Å²) < 4.78 is 73.4. The molecule has 0 radical (unpaired) electrons. The van der Waals surface area contributed by atoms with E-state index in [1.807, 2.05) is 19.9 Å². The fraction of sp³-hybridized carbons (Fsp3) is 0.370. The molecule has 192 valence electrons. The van der Waals surface area contributed by atoms with Gasteiger partial charge in [-0.3, -0.25) is 4.79 Å². The Morgan fingerprint density at radius 1 is 1.06 bits per heavy atom. The van der Waals surface area contributed by atoms with Crippen LogP contribution in [0.5, 0.6) is 0 Å². The first-order chi connectivity index (χ1) is 16.9. The van der Waals surface area contributed by atoms with E-state index in [2.05, 4.69) is 0 Å². The topological polar surface area (TPSA) is 63.7 Å². The zero-order chi connectivity index (χ0) is 26.3. The van der Waals surface area contributed by atoms with Crippen molar-refractivity contribution in [2.24, 2.45) is 5.92 Å². The van der Waals surface area contributed by atoms with Crippen molar-refractivity contribution in [2.75, 3.05) is 13.1 Å². The zero-order valence-corrected chi connectivity index (χ0v) is 21.1. The van der Waals surface area contributed by atoms with Gasteiger partial charge in [-0.25, -0.2) is 8.42 Å². The molecule has 1 aliphatic carbocycles. The van der Waals surface area contributed by atoms with E-state index in [1.165, 1.54) is 23.4 Å². The van der Waals surface area contributed by atoms with Gasteiger partial charge in [0.25, 0.3) is 0 Å². The SMILES string of the molecule is CCC1=CC[C@H](c2ccc(C(F)(F)F)cc2)[C@H]2CN(S(=O)(=O)c3ccc(C)cc3)CC(OC(C)=O)=C12. The number of rotatable bonds is 5. The van der Waals surface area contributed by atoms with Crippen molar-refractivity contribution in [1.29, 1.82) is 0 Å². The van der Waals surface area contributed by atoms with Crippen molar-refractivity contribution in [3.63, 3.8) is 0 Å². The maximum Gasteiger partial charge on any atom is 0.416 e. The molecule has 0 saturated heterocycles. The second kappa shape index (κ2) is 9.86. The lowest BCUT2D eigenvalue weighted by molar-refractivity contribution is -0.138. The molecule has 2 aliphatic rings. The lowest BCUT2D eigenvalue weighted by atomic mass is 9.70. The molecule has 2 aromatic carbocycles. The Balaban J connectivity index is 1.80. The monoisotopic (exact) mass is 519 g/mol. The number of esters is 1. The molecule has 1 heterocycles. The highest BCUT2D eigenvalue weighted by molar-refractivity contribution is 7.89. The van der Waals surface area contributed by atoms with Crippen molar-refractivity contribution >= 4 is 16.0 Å². The molecule has 1 aliphatic heterocycles. The summed E-state index contributed by atoms with van der Waals surface area (Å²) in [5.74, 6) is -0.943. The highest BCUT2D eigenvalue weighted by atomic mass is 32.2. The van der Waals surface area contributed by atoms with Crippen LogP contribution in [0.4, 0.5) is 13.2 Å². The number of benzene rings is 2. The van der Waals surface area contributed by atoms with Crippen LogP contribution in [0.1, 0.15) is 49.3 Å². The molecule has 4 rings (SSSR count). The summed E-state index contributed by atoms with van der Waals surface area (Å²) in [7, 11) is -3.91. The predicted octanol–water partition coefficient (Wildman–Crippen LogP) is 5.98. The second-order valence-electron chi connectivity index (χ2n) is 9.19. The third-order valence-electron chi connectivity index (χ3n) is 6.81. The van der Waals surface area contributed by atoms with Crippen molar-refractivity contribution < 1.29 is 31.1 Å². The number of carbonyl (C=O) groups is 1. The van der Waals surface area contributed by atoms with Crippen LogP contribution in [-0.2, 0) is 25.7 Å². The number of hydrogen-bond donors (Lipinski definition) is 0. The van der Waals surface area contributed by atoms with Crippen molar-refractivity contribution in [3.8, 4) is 0 Å². The molecular weight excluding hydrogens is 491 g/mol. The fourth-order valence-corrected chi connectivity index (χ4v) is 6.46. The standard InChI is InChI=1S/C27H28F3NO4S/c1-4-19-9-14-23(20-7-10-21(11-8-20)27(28,29)30)24-15-31(16-25(26(19)24)35-18(3)32)36(33,34)22-12-5-17(2)6-13-22/h5-13,23-24H,4,14-16H2,1-3H3/t23-,24-/m1/s1. The third-order valence-corrected chi connectivity index (χ3v) is 8.64. The molecule has 0 bridgehead atoms. The Morgan fingerprint density at radius 3 is 2.25 bits per heavy atom. The van der Waals surface area contributed by atoms with Gasteiger partial charge in [0.2, 0.25) is 10.0 Å². The van der Waals surface area contributed by atoms with Gasteiger partial charge in [-0.05, 0) is 66.7 Å². The molecule has 2 atom stereocenters. The summed E-state index contributed by atoms with van der Waals surface area (Å²) in [5, 5.41) is 0. The lowest BCUT2D eigenvalue weighted by Crippen LogP contribution is -2.45. The second-order valence-corrected chi connectivity index (χ2v) is 11.1. The van der Waals surface area contributed by atoms with Gasteiger partial charge in [-0.1, -0.05) is 42.8 Å². The van der Waals surface area contributed by atoms with E-state index in [0.29, 0.717) is 18.4 Å². The van der Waals surface area contributed by atoms with Crippen LogP contribution in [0.3, 0.4) is 0 Å². The van der Waals surface area contributed by atoms with Crippen molar-refractivity contribution in [3.05, 3.63) is 88.2 Å². The van der Waals surface area contributed by atoms with Gasteiger partial charge in [-0.15, -0.1) is 0 Å². The maximum atomic E-state index is 13.6. The minimum atomic E-state index is -4.45. The molecule has 0 amide bonds. The number of allylic oxidation sites excluding steroid dienone is 2. The number of aryl methyl sites for hydroxylation is 1. The highest BCUT2D eigenvalue weighted by Gasteiger charge is 2.42. The van der Waals surface area contributed by atoms with E-state index >= 15 is 0 Å². The maximum absolute atomic E-state index is 13.6. The minimum absolute atomic E-state index is 0.0985. The van der Waals surface area contributed by atoms with E-state index in [1.54, 1.807) is 24.3 Å². The van der Waals surface area contributed by atoms with Gasteiger partial charge in [-0.2, -0.15) is 17.5 Å². The highest BCUT2D eigenvalue weighted by Crippen LogP contribution is 2.47. The predicted molar refractivity (Wildman–Crippen MR) is 129 cm³/mol. The summed E-state index contributed by atoms with van der Waals surface area (Å²) >= 11 is 0. The normalized spacial score (nSPS) is 21.1. The Hall–Kier alpha value is -2.91. The first kappa shape index (κ1) is 26.2. The average molecular weight is 520 g/mol. The van der Waals surface area contributed by atoms with Crippen molar-refractivity contribution in [2.45, 2.75) is 50.6 Å². The quantitative estimate of drug-likeness (QED) is 0.456. The van der Waals surface area contributed by atoms with Crippen LogP contribution in [0.25, 0.3) is 0 Å². The number of ether oxygens (including phenoxy) is 1. The number of alkyl halides is 3. The number of nitrogens with zero attached hydrogens (tertiary/aromatic N) is 1.